The van der Waals surface area contributed by atoms with Crippen molar-refractivity contribution in [1.82, 2.24) is 5.32 Å². The minimum Gasteiger partial charge on any atom is -0.271 e. The van der Waals surface area contributed by atoms with Gasteiger partial charge in [0.25, 0.3) is 0 Å². The van der Waals surface area contributed by atoms with E-state index in [0.717, 1.165) is 5.69 Å². The largest absolute Gasteiger partial charge is 0.271 e. The molecule has 0 heterocycles. The van der Waals surface area contributed by atoms with Crippen LogP contribution in [0.15, 0.2) is 29.3 Å². The van der Waals surface area contributed by atoms with Crippen LogP contribution in [0.5, 0.6) is 0 Å². The Balaban J connectivity index is 3.08. The molecule has 0 bridgehead atoms. The Morgan fingerprint density at radius 1 is 1.44 bits per heavy atom. The van der Waals surface area contributed by atoms with Gasteiger partial charge >= 0.3 is 0 Å². The number of hydrogen-bond acceptors (Lipinski definition) is 3. The van der Waals surface area contributed by atoms with Crippen LogP contribution in [0.2, 0.25) is 0 Å². The van der Waals surface area contributed by atoms with Crippen molar-refractivity contribution in [2.75, 3.05) is 6.26 Å². The first kappa shape index (κ1) is 12.6. The fourth-order valence-electron chi connectivity index (χ4n) is 1.36. The molecule has 0 aliphatic rings. The average Bonchev–Trinajstić information content (AvgIpc) is 2.29. The second-order valence-electron chi connectivity index (χ2n) is 3.57. The predicted molar refractivity (Wildman–Crippen MR) is 69.9 cm³/mol. The molecule has 0 saturated carbocycles. The normalized spacial score (nSPS) is 11.3. The zero-order valence-electron chi connectivity index (χ0n) is 9.69. The molecule has 0 aromatic heterocycles. The molecular weight excluding hydrogens is 218 g/mol. The second-order valence-corrected chi connectivity index (χ2v) is 4.37. The Labute approximate surface area is 101 Å². The first-order chi connectivity index (χ1) is 7.69. The summed E-state index contributed by atoms with van der Waals surface area (Å²) in [6.45, 7) is 4.26. The molecule has 0 fully saturated rings. The van der Waals surface area contributed by atoms with E-state index in [1.54, 1.807) is 0 Å². The summed E-state index contributed by atoms with van der Waals surface area (Å²) < 4.78 is 0. The summed E-state index contributed by atoms with van der Waals surface area (Å²) in [5.74, 6) is 0.421. The number of nitrogens with one attached hydrogen (secondary N) is 1. The Bertz CT molecular complexity index is 419. The first-order valence-electron chi connectivity index (χ1n) is 5.05. The molecule has 0 amide bonds. The summed E-state index contributed by atoms with van der Waals surface area (Å²) in [5, 5.41) is 11.8. The van der Waals surface area contributed by atoms with E-state index in [0.29, 0.717) is 11.1 Å². The van der Waals surface area contributed by atoms with Crippen molar-refractivity contribution >= 4 is 22.6 Å². The van der Waals surface area contributed by atoms with Gasteiger partial charge in [0.05, 0.1) is 5.69 Å². The summed E-state index contributed by atoms with van der Waals surface area (Å²) in [6, 6.07) is 7.98. The van der Waals surface area contributed by atoms with Crippen LogP contribution in [0.3, 0.4) is 0 Å². The van der Waals surface area contributed by atoms with Gasteiger partial charge in [-0.15, -0.1) is 0 Å². The molecule has 4 heteroatoms. The molecule has 0 atom stereocenters. The van der Waals surface area contributed by atoms with E-state index in [1.165, 1.54) is 17.3 Å². The number of nitriles is 1. The molecular formula is C12H15N3S. The van der Waals surface area contributed by atoms with Crippen LogP contribution in [0.1, 0.15) is 25.3 Å². The first-order valence-corrected chi connectivity index (χ1v) is 6.28. The monoisotopic (exact) mass is 233 g/mol. The third kappa shape index (κ3) is 3.28. The molecule has 84 valence electrons. The SMILES string of the molecule is CSC(=Nc1ccccc1C(C)C)NC#N. The maximum Gasteiger partial charge on any atom is 0.183 e. The fourth-order valence-corrected chi connectivity index (χ4v) is 1.70. The summed E-state index contributed by atoms with van der Waals surface area (Å²) >= 11 is 1.43. The van der Waals surface area contributed by atoms with Crippen molar-refractivity contribution in [2.45, 2.75) is 19.8 Å². The van der Waals surface area contributed by atoms with Crippen LogP contribution in [-0.2, 0) is 0 Å². The van der Waals surface area contributed by atoms with E-state index >= 15 is 0 Å². The van der Waals surface area contributed by atoms with E-state index in [2.05, 4.69) is 30.2 Å². The highest BCUT2D eigenvalue weighted by Crippen LogP contribution is 2.26. The van der Waals surface area contributed by atoms with Crippen molar-refractivity contribution in [3.63, 3.8) is 0 Å². The van der Waals surface area contributed by atoms with E-state index < -0.39 is 0 Å². The quantitative estimate of drug-likeness (QED) is 0.369. The minimum absolute atomic E-state index is 0.421. The maximum absolute atomic E-state index is 8.57. The molecule has 0 aliphatic heterocycles. The van der Waals surface area contributed by atoms with E-state index in [-0.39, 0.29) is 0 Å². The molecule has 0 unspecified atom stereocenters. The van der Waals surface area contributed by atoms with Gasteiger partial charge in [-0.3, -0.25) is 5.32 Å². The van der Waals surface area contributed by atoms with E-state index in [4.69, 9.17) is 5.26 Å². The topological polar surface area (TPSA) is 48.2 Å². The second kappa shape index (κ2) is 6.19. The van der Waals surface area contributed by atoms with Crippen molar-refractivity contribution < 1.29 is 0 Å². The van der Waals surface area contributed by atoms with Gasteiger partial charge in [-0.05, 0) is 23.8 Å². The van der Waals surface area contributed by atoms with Gasteiger partial charge in [0.15, 0.2) is 11.4 Å². The van der Waals surface area contributed by atoms with E-state index in [9.17, 15) is 0 Å². The van der Waals surface area contributed by atoms with Gasteiger partial charge < -0.3 is 0 Å². The molecule has 1 aromatic rings. The summed E-state index contributed by atoms with van der Waals surface area (Å²) in [7, 11) is 0. The van der Waals surface area contributed by atoms with Crippen molar-refractivity contribution in [3.05, 3.63) is 29.8 Å². The Kier molecular flexibility index (Phi) is 4.87. The number of thioether (sulfide) groups is 1. The molecule has 0 radical (unpaired) electrons. The lowest BCUT2D eigenvalue weighted by Gasteiger charge is -2.09. The average molecular weight is 233 g/mol. The highest BCUT2D eigenvalue weighted by Gasteiger charge is 2.05. The number of aliphatic imine (C=N–C) groups is 1. The van der Waals surface area contributed by atoms with Crippen LogP contribution < -0.4 is 5.32 Å². The number of para-hydroxylation sites is 1. The Hall–Kier alpha value is -1.47. The third-order valence-electron chi connectivity index (χ3n) is 2.14. The molecule has 0 aliphatic carbocycles. The van der Waals surface area contributed by atoms with Crippen molar-refractivity contribution in [3.8, 4) is 6.19 Å². The molecule has 1 aromatic carbocycles. The zero-order chi connectivity index (χ0) is 12.0. The number of benzene rings is 1. The van der Waals surface area contributed by atoms with Crippen LogP contribution in [0, 0.1) is 11.5 Å². The van der Waals surface area contributed by atoms with E-state index in [1.807, 2.05) is 30.6 Å². The van der Waals surface area contributed by atoms with Crippen LogP contribution in [0.25, 0.3) is 0 Å². The lowest BCUT2D eigenvalue weighted by atomic mass is 10.0. The van der Waals surface area contributed by atoms with Crippen LogP contribution >= 0.6 is 11.8 Å². The lowest BCUT2D eigenvalue weighted by molar-refractivity contribution is 0.867. The Morgan fingerprint density at radius 3 is 2.69 bits per heavy atom. The predicted octanol–water partition coefficient (Wildman–Crippen LogP) is 3.23. The highest BCUT2D eigenvalue weighted by molar-refractivity contribution is 8.13. The summed E-state index contributed by atoms with van der Waals surface area (Å²) in [5.41, 5.74) is 2.11. The number of nitrogens with zero attached hydrogens (tertiary/aromatic N) is 2. The molecule has 3 nitrogen and oxygen atoms in total. The van der Waals surface area contributed by atoms with Gasteiger partial charge in [-0.1, -0.05) is 43.8 Å². The summed E-state index contributed by atoms with van der Waals surface area (Å²) in [4.78, 5) is 4.43. The van der Waals surface area contributed by atoms with Crippen LogP contribution in [-0.4, -0.2) is 11.4 Å². The highest BCUT2D eigenvalue weighted by atomic mass is 32.2. The van der Waals surface area contributed by atoms with Gasteiger partial charge in [-0.25, -0.2) is 4.99 Å². The lowest BCUT2D eigenvalue weighted by Crippen LogP contribution is -2.12. The molecule has 16 heavy (non-hydrogen) atoms. The van der Waals surface area contributed by atoms with Crippen molar-refractivity contribution in [2.24, 2.45) is 4.99 Å². The number of rotatable bonds is 2. The molecule has 0 saturated heterocycles. The fraction of sp³-hybridized carbons (Fsp3) is 0.333. The number of amidine groups is 1. The molecule has 1 N–H and O–H groups in total. The Morgan fingerprint density at radius 2 is 2.12 bits per heavy atom. The van der Waals surface area contributed by atoms with Gasteiger partial charge in [0.1, 0.15) is 0 Å². The van der Waals surface area contributed by atoms with Crippen molar-refractivity contribution in [1.29, 1.82) is 5.26 Å². The smallest absolute Gasteiger partial charge is 0.183 e. The minimum atomic E-state index is 0.421. The van der Waals surface area contributed by atoms with Crippen LogP contribution in [0.4, 0.5) is 5.69 Å². The van der Waals surface area contributed by atoms with Gasteiger partial charge in [0.2, 0.25) is 0 Å². The third-order valence-corrected chi connectivity index (χ3v) is 2.72. The van der Waals surface area contributed by atoms with Gasteiger partial charge in [-0.2, -0.15) is 5.26 Å². The van der Waals surface area contributed by atoms with Gasteiger partial charge in [0, 0.05) is 0 Å². The summed E-state index contributed by atoms with van der Waals surface area (Å²) in [6.07, 6.45) is 3.78. The molecule has 1 rings (SSSR count). The maximum atomic E-state index is 8.57. The number of hydrogen-bond donors (Lipinski definition) is 1. The zero-order valence-corrected chi connectivity index (χ0v) is 10.5. The molecule has 0 spiro atoms. The standard InChI is InChI=1S/C12H15N3S/c1-9(2)10-6-4-5-7-11(10)15-12(16-3)14-8-13/h4-7,9H,1-3H3,(H,14,15).